The summed E-state index contributed by atoms with van der Waals surface area (Å²) in [6, 6.07) is 0. The Balaban J connectivity index is 2.01. The third kappa shape index (κ3) is 4.23. The Bertz CT molecular complexity index is 516. The second-order valence-electron chi connectivity index (χ2n) is 5.54. The van der Waals surface area contributed by atoms with Gasteiger partial charge in [-0.05, 0) is 20.8 Å². The van der Waals surface area contributed by atoms with Gasteiger partial charge in [-0.3, -0.25) is 10.2 Å². The predicted octanol–water partition coefficient (Wildman–Crippen LogP) is 0.114. The molecule has 10 heteroatoms. The Kier molecular flexibility index (Phi) is 4.74. The standard InChI is InChI=1S/C12H19BN4O5/c1-11(2,18)12(3,19)8-20-13(21-9-4-14-15-5-9)22-10-6-16-17-7-10/h4-7,18-19H,8H2,1-3H3,(H,14,15)(H,16,17). The smallest absolute Gasteiger partial charge is 0.498 e. The minimum absolute atomic E-state index is 0.211. The van der Waals surface area contributed by atoms with Crippen LogP contribution in [0.1, 0.15) is 20.8 Å². The lowest BCUT2D eigenvalue weighted by Gasteiger charge is -2.35. The van der Waals surface area contributed by atoms with Crippen LogP contribution >= 0.6 is 0 Å². The van der Waals surface area contributed by atoms with Gasteiger partial charge in [0.2, 0.25) is 0 Å². The minimum atomic E-state index is -1.50. The van der Waals surface area contributed by atoms with Gasteiger partial charge in [0.25, 0.3) is 0 Å². The van der Waals surface area contributed by atoms with Crippen LogP contribution in [0.2, 0.25) is 0 Å². The quantitative estimate of drug-likeness (QED) is 0.510. The van der Waals surface area contributed by atoms with Crippen LogP contribution in [0.4, 0.5) is 0 Å². The number of H-pyrrole nitrogens is 2. The molecule has 0 amide bonds. The fourth-order valence-electron chi connectivity index (χ4n) is 1.33. The molecule has 2 aromatic heterocycles. The summed E-state index contributed by atoms with van der Waals surface area (Å²) >= 11 is 0. The van der Waals surface area contributed by atoms with Gasteiger partial charge in [0, 0.05) is 0 Å². The summed E-state index contributed by atoms with van der Waals surface area (Å²) in [5.41, 5.74) is -2.85. The van der Waals surface area contributed by atoms with E-state index in [0.29, 0.717) is 11.5 Å². The lowest BCUT2D eigenvalue weighted by atomic mass is 9.88. The Labute approximate surface area is 127 Å². The van der Waals surface area contributed by atoms with Gasteiger partial charge in [-0.15, -0.1) is 0 Å². The van der Waals surface area contributed by atoms with Gasteiger partial charge in [-0.2, -0.15) is 10.2 Å². The Hall–Kier alpha value is -2.04. The van der Waals surface area contributed by atoms with E-state index in [1.807, 2.05) is 0 Å². The number of nitrogens with one attached hydrogen (secondary N) is 2. The van der Waals surface area contributed by atoms with Crippen molar-refractivity contribution in [2.45, 2.75) is 32.0 Å². The molecule has 0 radical (unpaired) electrons. The minimum Gasteiger partial charge on any atom is -0.498 e. The Morgan fingerprint density at radius 3 is 1.91 bits per heavy atom. The molecule has 4 N–H and O–H groups in total. The first-order valence-electron chi connectivity index (χ1n) is 6.65. The molecule has 22 heavy (non-hydrogen) atoms. The van der Waals surface area contributed by atoms with Crippen LogP contribution < -0.4 is 9.31 Å². The molecule has 120 valence electrons. The largest absolute Gasteiger partial charge is 0.788 e. The van der Waals surface area contributed by atoms with Crippen LogP contribution in [0.25, 0.3) is 0 Å². The van der Waals surface area contributed by atoms with E-state index >= 15 is 0 Å². The van der Waals surface area contributed by atoms with Crippen LogP contribution in [0.3, 0.4) is 0 Å². The molecule has 0 aliphatic heterocycles. The summed E-state index contributed by atoms with van der Waals surface area (Å²) < 4.78 is 16.4. The highest BCUT2D eigenvalue weighted by atomic mass is 16.7. The maximum Gasteiger partial charge on any atom is 0.788 e. The maximum atomic E-state index is 10.2. The van der Waals surface area contributed by atoms with E-state index in [1.165, 1.54) is 45.6 Å². The van der Waals surface area contributed by atoms with E-state index < -0.39 is 18.5 Å². The summed E-state index contributed by atoms with van der Waals surface area (Å²) in [5.74, 6) is 0.799. The zero-order chi connectivity index (χ0) is 16.2. The third-order valence-electron chi connectivity index (χ3n) is 3.23. The van der Waals surface area contributed by atoms with Gasteiger partial charge in [-0.1, -0.05) is 0 Å². The van der Waals surface area contributed by atoms with Gasteiger partial charge in [0.15, 0.2) is 0 Å². The molecule has 0 saturated heterocycles. The van der Waals surface area contributed by atoms with E-state index in [2.05, 4.69) is 20.4 Å². The molecule has 9 nitrogen and oxygen atoms in total. The van der Waals surface area contributed by atoms with E-state index in [4.69, 9.17) is 14.0 Å². The van der Waals surface area contributed by atoms with Crippen molar-refractivity contribution in [3.05, 3.63) is 24.8 Å². The average Bonchev–Trinajstić information content (AvgIpc) is 3.08. The second-order valence-corrected chi connectivity index (χ2v) is 5.54. The molecular formula is C12H19BN4O5. The van der Waals surface area contributed by atoms with Crippen molar-refractivity contribution < 1.29 is 24.2 Å². The van der Waals surface area contributed by atoms with Crippen LogP contribution in [0.15, 0.2) is 24.8 Å². The van der Waals surface area contributed by atoms with Crippen molar-refractivity contribution in [3.63, 3.8) is 0 Å². The first-order valence-corrected chi connectivity index (χ1v) is 6.65. The molecule has 1 unspecified atom stereocenters. The highest BCUT2D eigenvalue weighted by Crippen LogP contribution is 2.22. The van der Waals surface area contributed by atoms with Gasteiger partial charge in [0.05, 0.1) is 37.0 Å². The van der Waals surface area contributed by atoms with Gasteiger partial charge >= 0.3 is 7.32 Å². The Morgan fingerprint density at radius 2 is 1.55 bits per heavy atom. The fraction of sp³-hybridized carbons (Fsp3) is 0.500. The van der Waals surface area contributed by atoms with Gasteiger partial charge in [-0.25, -0.2) is 0 Å². The topological polar surface area (TPSA) is 126 Å². The lowest BCUT2D eigenvalue weighted by molar-refractivity contribution is -0.141. The zero-order valence-corrected chi connectivity index (χ0v) is 12.6. The predicted molar refractivity (Wildman–Crippen MR) is 77.1 cm³/mol. The molecule has 2 heterocycles. The number of aliphatic hydroxyl groups is 2. The number of nitrogens with zero attached hydrogens (tertiary/aromatic N) is 2. The molecule has 2 aromatic rings. The average molecular weight is 310 g/mol. The summed E-state index contributed by atoms with van der Waals surface area (Å²) in [7, 11) is -1.15. The first-order chi connectivity index (χ1) is 10.3. The lowest BCUT2D eigenvalue weighted by Crippen LogP contribution is -2.53. The molecule has 0 spiro atoms. The fourth-order valence-corrected chi connectivity index (χ4v) is 1.33. The van der Waals surface area contributed by atoms with Crippen molar-refractivity contribution >= 4 is 7.32 Å². The molecule has 0 fully saturated rings. The number of hydrogen-bond donors (Lipinski definition) is 4. The van der Waals surface area contributed by atoms with Crippen molar-refractivity contribution in [1.82, 2.24) is 20.4 Å². The molecule has 0 aliphatic rings. The number of aromatic amines is 2. The highest BCUT2D eigenvalue weighted by Gasteiger charge is 2.41. The molecule has 1 atom stereocenters. The van der Waals surface area contributed by atoms with Gasteiger partial charge < -0.3 is 24.2 Å². The summed E-state index contributed by atoms with van der Waals surface area (Å²) in [4.78, 5) is 0. The molecule has 2 rings (SSSR count). The monoisotopic (exact) mass is 310 g/mol. The normalized spacial score (nSPS) is 14.4. The van der Waals surface area contributed by atoms with Crippen molar-refractivity contribution in [2.75, 3.05) is 6.61 Å². The molecule has 0 saturated carbocycles. The van der Waals surface area contributed by atoms with E-state index in [0.717, 1.165) is 0 Å². The highest BCUT2D eigenvalue weighted by molar-refractivity contribution is 6.38. The number of aromatic nitrogens is 4. The van der Waals surface area contributed by atoms with Gasteiger partial charge in [0.1, 0.15) is 17.1 Å². The Morgan fingerprint density at radius 1 is 1.05 bits per heavy atom. The number of hydrogen-bond acceptors (Lipinski definition) is 7. The second kappa shape index (κ2) is 6.38. The molecule has 0 aromatic carbocycles. The first kappa shape index (κ1) is 16.3. The van der Waals surface area contributed by atoms with Crippen LogP contribution in [-0.4, -0.2) is 55.7 Å². The van der Waals surface area contributed by atoms with Crippen molar-refractivity contribution in [3.8, 4) is 11.5 Å². The third-order valence-corrected chi connectivity index (χ3v) is 3.23. The molecule has 0 bridgehead atoms. The molecule has 0 aliphatic carbocycles. The maximum absolute atomic E-state index is 10.2. The van der Waals surface area contributed by atoms with Crippen molar-refractivity contribution in [1.29, 1.82) is 0 Å². The summed E-state index contributed by atoms with van der Waals surface area (Å²) in [6.07, 6.45) is 5.93. The van der Waals surface area contributed by atoms with E-state index in [1.54, 1.807) is 0 Å². The summed E-state index contributed by atoms with van der Waals surface area (Å²) in [6.45, 7) is 4.22. The molecular weight excluding hydrogens is 291 g/mol. The van der Waals surface area contributed by atoms with Crippen LogP contribution in [-0.2, 0) is 4.65 Å². The van der Waals surface area contributed by atoms with Crippen LogP contribution in [0, 0.1) is 0 Å². The van der Waals surface area contributed by atoms with Crippen LogP contribution in [0.5, 0.6) is 11.5 Å². The number of rotatable bonds is 8. The van der Waals surface area contributed by atoms with E-state index in [9.17, 15) is 10.2 Å². The van der Waals surface area contributed by atoms with Crippen molar-refractivity contribution in [2.24, 2.45) is 0 Å². The van der Waals surface area contributed by atoms with E-state index in [-0.39, 0.29) is 6.61 Å². The zero-order valence-electron chi connectivity index (χ0n) is 12.6. The SMILES string of the molecule is CC(C)(O)C(C)(O)COB(Oc1cn[nH]c1)Oc1cn[nH]c1. The summed E-state index contributed by atoms with van der Waals surface area (Å²) in [5, 5.41) is 32.9.